The highest BCUT2D eigenvalue weighted by molar-refractivity contribution is 5.94. The second kappa shape index (κ2) is 8.28. The van der Waals surface area contributed by atoms with Crippen LogP contribution in [0.2, 0.25) is 0 Å². The molecule has 0 bridgehead atoms. The zero-order valence-electron chi connectivity index (χ0n) is 13.4. The largest absolute Gasteiger partial charge is 0.423 e. The minimum absolute atomic E-state index is 0.0668. The Morgan fingerprint density at radius 3 is 2.61 bits per heavy atom. The fraction of sp³-hybridized carbons (Fsp3) is 0.438. The van der Waals surface area contributed by atoms with Gasteiger partial charge < -0.3 is 20.2 Å². The molecule has 0 unspecified atom stereocenters. The van der Waals surface area contributed by atoms with Crippen molar-refractivity contribution in [1.82, 2.24) is 15.5 Å². The van der Waals surface area contributed by atoms with Gasteiger partial charge in [-0.05, 0) is 30.7 Å². The first-order chi connectivity index (χ1) is 11.1. The van der Waals surface area contributed by atoms with Gasteiger partial charge in [-0.1, -0.05) is 13.8 Å². The smallest absolute Gasteiger partial charge is 0.251 e. The Bertz CT molecular complexity index is 623. The number of carbonyl (C=O) groups excluding carboxylic acids is 1. The van der Waals surface area contributed by atoms with Gasteiger partial charge in [-0.25, -0.2) is 0 Å². The van der Waals surface area contributed by atoms with E-state index < -0.39 is 0 Å². The Hall–Kier alpha value is -2.41. The summed E-state index contributed by atoms with van der Waals surface area (Å²) in [5.41, 5.74) is 1.44. The van der Waals surface area contributed by atoms with E-state index in [1.807, 2.05) is 26.0 Å². The maximum Gasteiger partial charge on any atom is 0.251 e. The molecule has 0 atom stereocenters. The van der Waals surface area contributed by atoms with Crippen molar-refractivity contribution in [3.63, 3.8) is 0 Å². The van der Waals surface area contributed by atoms with Crippen LogP contribution in [0.4, 0.5) is 5.69 Å². The molecule has 124 valence electrons. The summed E-state index contributed by atoms with van der Waals surface area (Å²) in [6.07, 6.45) is 0.550. The highest BCUT2D eigenvalue weighted by Gasteiger charge is 2.09. The number of benzene rings is 1. The summed E-state index contributed by atoms with van der Waals surface area (Å²) in [6, 6.07) is 7.12. The third kappa shape index (κ3) is 5.07. The van der Waals surface area contributed by atoms with E-state index in [1.54, 1.807) is 12.1 Å². The first kappa shape index (κ1) is 17.0. The lowest BCUT2D eigenvalue weighted by atomic mass is 10.2. The number of nitrogens with one attached hydrogen (secondary N) is 2. The molecule has 0 aliphatic carbocycles. The van der Waals surface area contributed by atoms with Crippen molar-refractivity contribution >= 4 is 11.6 Å². The van der Waals surface area contributed by atoms with Crippen LogP contribution in [-0.4, -0.2) is 34.4 Å². The number of nitrogens with zero attached hydrogens (tertiary/aromatic N) is 2. The van der Waals surface area contributed by atoms with Crippen LogP contribution in [0.1, 0.15) is 48.3 Å². The number of aliphatic hydroxyl groups excluding tert-OH is 1. The molecule has 1 heterocycles. The Labute approximate surface area is 135 Å². The molecular weight excluding hydrogens is 296 g/mol. The molecule has 1 aromatic heterocycles. The topological polar surface area (TPSA) is 100 Å². The highest BCUT2D eigenvalue weighted by Crippen LogP contribution is 2.14. The van der Waals surface area contributed by atoms with Crippen molar-refractivity contribution in [3.05, 3.63) is 41.6 Å². The Balaban J connectivity index is 1.85. The molecule has 0 saturated heterocycles. The summed E-state index contributed by atoms with van der Waals surface area (Å²) >= 11 is 0. The monoisotopic (exact) mass is 318 g/mol. The van der Waals surface area contributed by atoms with Gasteiger partial charge in [0.15, 0.2) is 0 Å². The summed E-state index contributed by atoms with van der Waals surface area (Å²) < 4.78 is 5.51. The van der Waals surface area contributed by atoms with Gasteiger partial charge in [-0.15, -0.1) is 10.2 Å². The second-order valence-corrected chi connectivity index (χ2v) is 5.45. The van der Waals surface area contributed by atoms with E-state index in [9.17, 15) is 4.79 Å². The van der Waals surface area contributed by atoms with Crippen molar-refractivity contribution in [2.24, 2.45) is 0 Å². The standard InChI is InChI=1S/C16H22N4O3/c1-11(2)16-20-19-14(23-16)10-18-13-6-4-12(5-7-13)15(22)17-8-3-9-21/h4-7,11,18,21H,3,8-10H2,1-2H3,(H,17,22). The van der Waals surface area contributed by atoms with E-state index in [-0.39, 0.29) is 18.4 Å². The molecule has 23 heavy (non-hydrogen) atoms. The number of amides is 1. The number of hydrogen-bond donors (Lipinski definition) is 3. The van der Waals surface area contributed by atoms with Gasteiger partial charge in [-0.3, -0.25) is 4.79 Å². The fourth-order valence-corrected chi connectivity index (χ4v) is 1.87. The third-order valence-corrected chi connectivity index (χ3v) is 3.19. The van der Waals surface area contributed by atoms with Gasteiger partial charge in [0.2, 0.25) is 11.8 Å². The zero-order valence-corrected chi connectivity index (χ0v) is 13.4. The van der Waals surface area contributed by atoms with E-state index in [1.165, 1.54) is 0 Å². The van der Waals surface area contributed by atoms with Gasteiger partial charge in [-0.2, -0.15) is 0 Å². The maximum atomic E-state index is 11.8. The van der Waals surface area contributed by atoms with Crippen LogP contribution >= 0.6 is 0 Å². The quantitative estimate of drug-likeness (QED) is 0.643. The molecule has 0 fully saturated rings. The molecule has 2 aromatic rings. The van der Waals surface area contributed by atoms with Gasteiger partial charge in [0.05, 0.1) is 6.54 Å². The van der Waals surface area contributed by atoms with Crippen LogP contribution < -0.4 is 10.6 Å². The molecule has 7 nitrogen and oxygen atoms in total. The van der Waals surface area contributed by atoms with Gasteiger partial charge in [0, 0.05) is 30.3 Å². The highest BCUT2D eigenvalue weighted by atomic mass is 16.4. The maximum absolute atomic E-state index is 11.8. The molecule has 0 aliphatic rings. The van der Waals surface area contributed by atoms with Gasteiger partial charge in [0.25, 0.3) is 5.91 Å². The number of aliphatic hydroxyl groups is 1. The number of hydrogen-bond acceptors (Lipinski definition) is 6. The molecule has 0 saturated carbocycles. The lowest BCUT2D eigenvalue weighted by Gasteiger charge is -2.06. The predicted octanol–water partition coefficient (Wildman–Crippen LogP) is 1.92. The first-order valence-electron chi connectivity index (χ1n) is 7.65. The van der Waals surface area contributed by atoms with Crippen LogP contribution in [0.25, 0.3) is 0 Å². The molecule has 7 heteroatoms. The van der Waals surface area contributed by atoms with Crippen LogP contribution in [0.15, 0.2) is 28.7 Å². The molecule has 1 aromatic carbocycles. The summed E-state index contributed by atoms with van der Waals surface area (Å²) in [5, 5.41) is 22.6. The molecular formula is C16H22N4O3. The fourth-order valence-electron chi connectivity index (χ4n) is 1.87. The second-order valence-electron chi connectivity index (χ2n) is 5.45. The summed E-state index contributed by atoms with van der Waals surface area (Å²) in [7, 11) is 0. The molecule has 0 spiro atoms. The van der Waals surface area contributed by atoms with E-state index in [2.05, 4.69) is 20.8 Å². The van der Waals surface area contributed by atoms with Crippen LogP contribution in [0.3, 0.4) is 0 Å². The van der Waals surface area contributed by atoms with E-state index >= 15 is 0 Å². The number of rotatable bonds is 8. The Kier molecular flexibility index (Phi) is 6.10. The summed E-state index contributed by atoms with van der Waals surface area (Å²) in [4.78, 5) is 11.8. The van der Waals surface area contributed by atoms with Crippen molar-refractivity contribution in [1.29, 1.82) is 0 Å². The number of anilines is 1. The minimum atomic E-state index is -0.150. The first-order valence-corrected chi connectivity index (χ1v) is 7.65. The van der Waals surface area contributed by atoms with Crippen LogP contribution in [0, 0.1) is 0 Å². The molecule has 0 aliphatic heterocycles. The molecule has 3 N–H and O–H groups in total. The summed E-state index contributed by atoms with van der Waals surface area (Å²) in [5.74, 6) is 1.21. The average molecular weight is 318 g/mol. The average Bonchev–Trinajstić information content (AvgIpc) is 3.03. The van der Waals surface area contributed by atoms with Crippen molar-refractivity contribution < 1.29 is 14.3 Å². The van der Waals surface area contributed by atoms with Crippen molar-refractivity contribution in [2.75, 3.05) is 18.5 Å². The predicted molar refractivity (Wildman–Crippen MR) is 86.2 cm³/mol. The summed E-state index contributed by atoms with van der Waals surface area (Å²) in [6.45, 7) is 4.95. The van der Waals surface area contributed by atoms with Crippen molar-refractivity contribution in [2.45, 2.75) is 32.7 Å². The lowest BCUT2D eigenvalue weighted by molar-refractivity contribution is 0.0951. The van der Waals surface area contributed by atoms with E-state index in [4.69, 9.17) is 9.52 Å². The van der Waals surface area contributed by atoms with Crippen LogP contribution in [0.5, 0.6) is 0 Å². The minimum Gasteiger partial charge on any atom is -0.423 e. The Morgan fingerprint density at radius 1 is 1.26 bits per heavy atom. The Morgan fingerprint density at radius 2 is 2.00 bits per heavy atom. The third-order valence-electron chi connectivity index (χ3n) is 3.19. The van der Waals surface area contributed by atoms with E-state index in [0.717, 1.165) is 5.69 Å². The normalized spacial score (nSPS) is 10.8. The number of aromatic nitrogens is 2. The molecule has 1 amide bonds. The van der Waals surface area contributed by atoms with Gasteiger partial charge in [0.1, 0.15) is 0 Å². The zero-order chi connectivity index (χ0) is 16.7. The van der Waals surface area contributed by atoms with Crippen molar-refractivity contribution in [3.8, 4) is 0 Å². The molecule has 2 rings (SSSR count). The van der Waals surface area contributed by atoms with Gasteiger partial charge >= 0.3 is 0 Å². The number of carbonyl (C=O) groups is 1. The molecule has 0 radical (unpaired) electrons. The van der Waals surface area contributed by atoms with Crippen LogP contribution in [-0.2, 0) is 6.54 Å². The SMILES string of the molecule is CC(C)c1nnc(CNc2ccc(C(=O)NCCCO)cc2)o1. The van der Waals surface area contributed by atoms with E-state index in [0.29, 0.717) is 36.9 Å². The lowest BCUT2D eigenvalue weighted by Crippen LogP contribution is -2.24.